The molecule has 0 N–H and O–H groups in total. The molecule has 2 unspecified atom stereocenters. The fraction of sp³-hybridized carbons (Fsp3) is 0.462. The summed E-state index contributed by atoms with van der Waals surface area (Å²) in [5.74, 6) is 2.65. The number of hydrogen-bond acceptors (Lipinski definition) is 0. The molecule has 2 heteroatoms. The number of allylic oxidation sites excluding steroid dienone is 2. The van der Waals surface area contributed by atoms with Gasteiger partial charge < -0.3 is 0 Å². The molecule has 54 heavy (non-hydrogen) atoms. The molecule has 0 heterocycles. The molecule has 2 atom stereocenters. The molecule has 0 saturated heterocycles. The van der Waals surface area contributed by atoms with Crippen LogP contribution in [0.5, 0.6) is 0 Å². The molecule has 0 bridgehead atoms. The van der Waals surface area contributed by atoms with E-state index in [1.807, 2.05) is 0 Å². The van der Waals surface area contributed by atoms with Crippen LogP contribution in [-0.2, 0) is 26.2 Å². The quantitative estimate of drug-likeness (QED) is 0.111. The molecule has 0 aliphatic heterocycles. The molecule has 8 rings (SSSR count). The van der Waals surface area contributed by atoms with Crippen LogP contribution < -0.4 is 0 Å². The average molecular weight is 806 g/mol. The predicted octanol–water partition coefficient (Wildman–Crippen LogP) is 15.7. The van der Waals surface area contributed by atoms with Crippen molar-refractivity contribution in [2.24, 2.45) is 0 Å². The molecule has 4 aliphatic rings. The minimum absolute atomic E-state index is 0. The fourth-order valence-corrected chi connectivity index (χ4v) is 12.1. The SMILES string of the molecule is CCCCC1=Cc2c(-c3ccc(C4CCCCC4)cc3)cccc2C1C[Si]CC1C(CCCC)=Cc2c(-c3ccc(C4CCCCC4)cc3)cccc21.[Zr]. The third-order valence-electron chi connectivity index (χ3n) is 13.5. The largest absolute Gasteiger partial charge is 0.0654 e. The van der Waals surface area contributed by atoms with Crippen LogP contribution in [0.4, 0.5) is 0 Å². The third kappa shape index (κ3) is 8.71. The Balaban J connectivity index is 0.00000450. The first-order valence-electron chi connectivity index (χ1n) is 21.8. The Morgan fingerprint density at radius 1 is 0.500 bits per heavy atom. The van der Waals surface area contributed by atoms with Crippen LogP contribution in [0.1, 0.15) is 174 Å². The third-order valence-corrected chi connectivity index (χ3v) is 14.9. The first-order chi connectivity index (χ1) is 26.2. The van der Waals surface area contributed by atoms with Crippen LogP contribution in [0.15, 0.2) is 96.1 Å². The summed E-state index contributed by atoms with van der Waals surface area (Å²) in [6, 6.07) is 36.4. The predicted molar refractivity (Wildman–Crippen MR) is 231 cm³/mol. The normalized spacial score (nSPS) is 19.9. The maximum atomic E-state index is 2.62. The Labute approximate surface area is 349 Å². The van der Waals surface area contributed by atoms with Gasteiger partial charge in [0.15, 0.2) is 0 Å². The summed E-state index contributed by atoms with van der Waals surface area (Å²) in [6.45, 7) is 4.69. The van der Waals surface area contributed by atoms with Gasteiger partial charge >= 0.3 is 0 Å². The minimum atomic E-state index is 0. The zero-order valence-corrected chi connectivity index (χ0v) is 36.7. The van der Waals surface area contributed by atoms with Crippen LogP contribution in [0.25, 0.3) is 34.4 Å². The van der Waals surface area contributed by atoms with E-state index in [2.05, 4.69) is 111 Å². The van der Waals surface area contributed by atoms with Crippen molar-refractivity contribution in [1.29, 1.82) is 0 Å². The molecule has 2 fully saturated rings. The van der Waals surface area contributed by atoms with E-state index in [1.54, 1.807) is 33.4 Å². The van der Waals surface area contributed by atoms with Crippen LogP contribution in [-0.4, -0.2) is 9.52 Å². The van der Waals surface area contributed by atoms with Crippen molar-refractivity contribution in [3.8, 4) is 22.3 Å². The van der Waals surface area contributed by atoms with Gasteiger partial charge in [-0.3, -0.25) is 0 Å². The Morgan fingerprint density at radius 2 is 0.907 bits per heavy atom. The first-order valence-corrected chi connectivity index (χ1v) is 23.2. The molecule has 4 aromatic rings. The van der Waals surface area contributed by atoms with Gasteiger partial charge in [0, 0.05) is 47.6 Å². The van der Waals surface area contributed by atoms with E-state index < -0.39 is 0 Å². The smallest absolute Gasteiger partial charge is 0.0397 e. The number of rotatable bonds is 14. The molecule has 4 aliphatic carbocycles. The Morgan fingerprint density at radius 3 is 1.30 bits per heavy atom. The van der Waals surface area contributed by atoms with Crippen molar-refractivity contribution in [3.05, 3.63) is 129 Å². The molecule has 0 spiro atoms. The van der Waals surface area contributed by atoms with Crippen LogP contribution in [0, 0.1) is 0 Å². The van der Waals surface area contributed by atoms with Crippen LogP contribution in [0.3, 0.4) is 0 Å². The van der Waals surface area contributed by atoms with Crippen molar-refractivity contribution >= 4 is 21.7 Å². The van der Waals surface area contributed by atoms with Gasteiger partial charge in [0.2, 0.25) is 0 Å². The van der Waals surface area contributed by atoms with Crippen molar-refractivity contribution in [1.82, 2.24) is 0 Å². The molecule has 0 aromatic heterocycles. The summed E-state index contributed by atoms with van der Waals surface area (Å²) in [5.41, 5.74) is 18.3. The number of fused-ring (bicyclic) bond motifs is 2. The summed E-state index contributed by atoms with van der Waals surface area (Å²) in [7, 11) is 0.952. The maximum Gasteiger partial charge on any atom is 0.0397 e. The van der Waals surface area contributed by atoms with Crippen molar-refractivity contribution in [3.63, 3.8) is 0 Å². The van der Waals surface area contributed by atoms with Crippen molar-refractivity contribution in [2.75, 3.05) is 0 Å². The van der Waals surface area contributed by atoms with Gasteiger partial charge in [0.1, 0.15) is 0 Å². The van der Waals surface area contributed by atoms with Gasteiger partial charge in [-0.1, -0.05) is 186 Å². The van der Waals surface area contributed by atoms with Crippen LogP contribution >= 0.6 is 0 Å². The molecular weight excluding hydrogens is 744 g/mol. The van der Waals surface area contributed by atoms with Crippen LogP contribution in [0.2, 0.25) is 12.1 Å². The van der Waals surface area contributed by atoms with Gasteiger partial charge in [-0.15, -0.1) is 0 Å². The van der Waals surface area contributed by atoms with Gasteiger partial charge in [0.05, 0.1) is 0 Å². The average Bonchev–Trinajstić information content (AvgIpc) is 3.77. The van der Waals surface area contributed by atoms with Crippen molar-refractivity contribution in [2.45, 2.75) is 152 Å². The molecule has 0 nitrogen and oxygen atoms in total. The van der Waals surface area contributed by atoms with Gasteiger partial charge in [-0.05, 0) is 119 Å². The van der Waals surface area contributed by atoms with E-state index in [0.717, 1.165) is 21.4 Å². The summed E-state index contributed by atoms with van der Waals surface area (Å²) in [5, 5.41) is 0. The van der Waals surface area contributed by atoms with E-state index in [-0.39, 0.29) is 26.2 Å². The fourth-order valence-electron chi connectivity index (χ4n) is 10.4. The zero-order chi connectivity index (χ0) is 36.0. The van der Waals surface area contributed by atoms with Gasteiger partial charge in [-0.2, -0.15) is 0 Å². The second kappa shape index (κ2) is 19.1. The minimum Gasteiger partial charge on any atom is -0.0654 e. The number of hydrogen-bond donors (Lipinski definition) is 0. The molecular formula is C52H62SiZr. The second-order valence-corrected chi connectivity index (χ2v) is 18.3. The Hall–Kier alpha value is -2.54. The maximum absolute atomic E-state index is 2.62. The molecule has 4 aromatic carbocycles. The van der Waals surface area contributed by atoms with E-state index in [4.69, 9.17) is 0 Å². The topological polar surface area (TPSA) is 0 Å². The van der Waals surface area contributed by atoms with Crippen molar-refractivity contribution < 1.29 is 26.2 Å². The molecule has 2 radical (unpaired) electrons. The number of unbranched alkanes of at least 4 members (excludes halogenated alkanes) is 2. The summed E-state index contributed by atoms with van der Waals surface area (Å²) >= 11 is 0. The zero-order valence-electron chi connectivity index (χ0n) is 33.3. The summed E-state index contributed by atoms with van der Waals surface area (Å²) in [6.07, 6.45) is 26.7. The summed E-state index contributed by atoms with van der Waals surface area (Å²) < 4.78 is 0. The van der Waals surface area contributed by atoms with E-state index in [1.165, 1.54) is 148 Å². The van der Waals surface area contributed by atoms with Gasteiger partial charge in [0.25, 0.3) is 0 Å². The second-order valence-electron chi connectivity index (χ2n) is 16.9. The molecule has 278 valence electrons. The molecule has 2 saturated carbocycles. The standard InChI is InChI=1S/C52H62Si.Zr/c1-3-5-15-43-33-49-45(41-29-25-39(26-30-41)37-17-9-7-10-18-37)21-13-23-47(49)51(43)35-53-36-52-44(16-6-4-2)34-50-46(22-14-24-48(50)52)42-31-27-40(28-32-42)38-19-11-8-12-20-38;/h13-14,21-34,37-38,51-52H,3-12,15-20,35-36H2,1-2H3;. The summed E-state index contributed by atoms with van der Waals surface area (Å²) in [4.78, 5) is 0. The monoisotopic (exact) mass is 804 g/mol. The van der Waals surface area contributed by atoms with E-state index >= 15 is 0 Å². The number of benzene rings is 4. The first kappa shape index (κ1) is 39.7. The van der Waals surface area contributed by atoms with E-state index in [9.17, 15) is 0 Å². The molecule has 0 amide bonds. The Bertz CT molecular complexity index is 1750. The van der Waals surface area contributed by atoms with E-state index in [0.29, 0.717) is 11.8 Å². The Kier molecular flexibility index (Phi) is 14.0. The van der Waals surface area contributed by atoms with Gasteiger partial charge in [-0.25, -0.2) is 0 Å².